The number of hydrogen-bond donors (Lipinski definition) is 1. The third-order valence-electron chi connectivity index (χ3n) is 4.72. The molecule has 2 aliphatic rings. The SMILES string of the molecule is CCC1NC(CC(C)C)C(=O)N1CC1CCN(CC)C1. The lowest BCUT2D eigenvalue weighted by atomic mass is 10.0. The van der Waals surface area contributed by atoms with Crippen LogP contribution >= 0.6 is 0 Å². The van der Waals surface area contributed by atoms with Gasteiger partial charge in [-0.25, -0.2) is 0 Å². The minimum absolute atomic E-state index is 0.0450. The van der Waals surface area contributed by atoms with Gasteiger partial charge in [0.05, 0.1) is 12.2 Å². The molecule has 4 nitrogen and oxygen atoms in total. The van der Waals surface area contributed by atoms with E-state index in [1.807, 2.05) is 0 Å². The molecule has 0 aromatic carbocycles. The highest BCUT2D eigenvalue weighted by molar-refractivity contribution is 5.84. The van der Waals surface area contributed by atoms with Gasteiger partial charge >= 0.3 is 0 Å². The molecular formula is C16H31N3O. The highest BCUT2D eigenvalue weighted by Gasteiger charge is 2.39. The molecule has 0 aromatic heterocycles. The van der Waals surface area contributed by atoms with E-state index in [-0.39, 0.29) is 12.2 Å². The van der Waals surface area contributed by atoms with Gasteiger partial charge in [-0.15, -0.1) is 0 Å². The zero-order chi connectivity index (χ0) is 14.7. The third-order valence-corrected chi connectivity index (χ3v) is 4.72. The van der Waals surface area contributed by atoms with Crippen molar-refractivity contribution in [3.8, 4) is 0 Å². The molecule has 1 amide bonds. The van der Waals surface area contributed by atoms with E-state index in [0.29, 0.717) is 17.7 Å². The average Bonchev–Trinajstić information content (AvgIpc) is 2.97. The van der Waals surface area contributed by atoms with E-state index in [9.17, 15) is 4.79 Å². The fourth-order valence-corrected chi connectivity index (χ4v) is 3.57. The van der Waals surface area contributed by atoms with Gasteiger partial charge in [-0.2, -0.15) is 0 Å². The maximum absolute atomic E-state index is 12.6. The van der Waals surface area contributed by atoms with E-state index >= 15 is 0 Å². The van der Waals surface area contributed by atoms with Crippen LogP contribution < -0.4 is 5.32 Å². The number of amides is 1. The topological polar surface area (TPSA) is 35.6 Å². The number of carbonyl (C=O) groups excluding carboxylic acids is 1. The molecule has 4 heteroatoms. The first-order valence-corrected chi connectivity index (χ1v) is 8.34. The first-order valence-electron chi connectivity index (χ1n) is 8.34. The van der Waals surface area contributed by atoms with Crippen molar-refractivity contribution in [3.05, 3.63) is 0 Å². The molecule has 0 radical (unpaired) electrons. The summed E-state index contributed by atoms with van der Waals surface area (Å²) in [5.41, 5.74) is 0. The molecule has 0 bridgehead atoms. The second kappa shape index (κ2) is 6.90. The summed E-state index contributed by atoms with van der Waals surface area (Å²) in [6, 6.07) is 0.0450. The zero-order valence-electron chi connectivity index (χ0n) is 13.6. The van der Waals surface area contributed by atoms with Crippen molar-refractivity contribution in [2.75, 3.05) is 26.2 Å². The number of nitrogens with zero attached hydrogens (tertiary/aromatic N) is 2. The monoisotopic (exact) mass is 281 g/mol. The molecule has 0 aromatic rings. The summed E-state index contributed by atoms with van der Waals surface area (Å²) < 4.78 is 0. The third kappa shape index (κ3) is 3.53. The molecule has 2 fully saturated rings. The number of rotatable bonds is 6. The summed E-state index contributed by atoms with van der Waals surface area (Å²) in [6.45, 7) is 13.2. The highest BCUT2D eigenvalue weighted by Crippen LogP contribution is 2.23. The predicted molar refractivity (Wildman–Crippen MR) is 82.4 cm³/mol. The lowest BCUT2D eigenvalue weighted by Crippen LogP contribution is -2.40. The van der Waals surface area contributed by atoms with E-state index < -0.39 is 0 Å². The molecule has 0 saturated carbocycles. The van der Waals surface area contributed by atoms with E-state index in [4.69, 9.17) is 0 Å². The van der Waals surface area contributed by atoms with Crippen molar-refractivity contribution in [1.82, 2.24) is 15.1 Å². The summed E-state index contributed by atoms with van der Waals surface area (Å²) >= 11 is 0. The molecule has 116 valence electrons. The van der Waals surface area contributed by atoms with Gasteiger partial charge in [-0.05, 0) is 44.2 Å². The molecule has 2 heterocycles. The van der Waals surface area contributed by atoms with Crippen LogP contribution in [0, 0.1) is 11.8 Å². The summed E-state index contributed by atoms with van der Waals surface area (Å²) in [5.74, 6) is 1.56. The van der Waals surface area contributed by atoms with Crippen LogP contribution in [0.5, 0.6) is 0 Å². The molecule has 0 aliphatic carbocycles. The highest BCUT2D eigenvalue weighted by atomic mass is 16.2. The number of nitrogens with one attached hydrogen (secondary N) is 1. The predicted octanol–water partition coefficient (Wildman–Crippen LogP) is 1.91. The van der Waals surface area contributed by atoms with Crippen LogP contribution in [0.3, 0.4) is 0 Å². The Labute approximate surface area is 123 Å². The molecule has 1 N–H and O–H groups in total. The molecule has 0 spiro atoms. The molecule has 2 rings (SSSR count). The Morgan fingerprint density at radius 2 is 2.10 bits per heavy atom. The first kappa shape index (κ1) is 15.8. The first-order chi connectivity index (χ1) is 9.55. The van der Waals surface area contributed by atoms with E-state index in [2.05, 4.69) is 42.8 Å². The van der Waals surface area contributed by atoms with Crippen molar-refractivity contribution in [1.29, 1.82) is 0 Å². The molecule has 3 unspecified atom stereocenters. The summed E-state index contributed by atoms with van der Waals surface area (Å²) in [4.78, 5) is 17.2. The largest absolute Gasteiger partial charge is 0.325 e. The fourth-order valence-electron chi connectivity index (χ4n) is 3.57. The van der Waals surface area contributed by atoms with E-state index in [1.54, 1.807) is 0 Å². The summed E-state index contributed by atoms with van der Waals surface area (Å²) in [5, 5.41) is 3.53. The molecule has 2 aliphatic heterocycles. The van der Waals surface area contributed by atoms with E-state index in [0.717, 1.165) is 32.5 Å². The van der Waals surface area contributed by atoms with Gasteiger partial charge in [-0.1, -0.05) is 27.7 Å². The lowest BCUT2D eigenvalue weighted by Gasteiger charge is -2.26. The number of likely N-dealkylation sites (tertiary alicyclic amines) is 1. The van der Waals surface area contributed by atoms with Gasteiger partial charge in [0.1, 0.15) is 0 Å². The van der Waals surface area contributed by atoms with E-state index in [1.165, 1.54) is 13.0 Å². The van der Waals surface area contributed by atoms with Gasteiger partial charge in [0.15, 0.2) is 0 Å². The van der Waals surface area contributed by atoms with Crippen molar-refractivity contribution in [2.24, 2.45) is 11.8 Å². The maximum Gasteiger partial charge on any atom is 0.241 e. The van der Waals surface area contributed by atoms with Crippen LogP contribution in [0.25, 0.3) is 0 Å². The Bertz CT molecular complexity index is 332. The van der Waals surface area contributed by atoms with Crippen LogP contribution in [0.1, 0.15) is 47.0 Å². The number of hydrogen-bond acceptors (Lipinski definition) is 3. The normalized spacial score (nSPS) is 31.8. The van der Waals surface area contributed by atoms with Gasteiger partial charge in [0.2, 0.25) is 5.91 Å². The van der Waals surface area contributed by atoms with Crippen molar-refractivity contribution in [3.63, 3.8) is 0 Å². The molecular weight excluding hydrogens is 250 g/mol. The zero-order valence-corrected chi connectivity index (χ0v) is 13.6. The van der Waals surface area contributed by atoms with Crippen molar-refractivity contribution < 1.29 is 4.79 Å². The van der Waals surface area contributed by atoms with Crippen LogP contribution in [0.15, 0.2) is 0 Å². The Kier molecular flexibility index (Phi) is 5.44. The fraction of sp³-hybridized carbons (Fsp3) is 0.938. The Morgan fingerprint density at radius 1 is 1.35 bits per heavy atom. The van der Waals surface area contributed by atoms with Gasteiger partial charge in [0.25, 0.3) is 0 Å². The van der Waals surface area contributed by atoms with Crippen LogP contribution in [-0.2, 0) is 4.79 Å². The van der Waals surface area contributed by atoms with Crippen LogP contribution in [0.2, 0.25) is 0 Å². The average molecular weight is 281 g/mol. The minimum Gasteiger partial charge on any atom is -0.325 e. The standard InChI is InChI=1S/C16H31N3O/c1-5-15-17-14(9-12(3)4)16(20)19(15)11-13-7-8-18(6-2)10-13/h12-15,17H,5-11H2,1-4H3. The number of carbonyl (C=O) groups is 1. The Hall–Kier alpha value is -0.610. The van der Waals surface area contributed by atoms with Crippen molar-refractivity contribution >= 4 is 5.91 Å². The summed E-state index contributed by atoms with van der Waals surface area (Å²) in [6.07, 6.45) is 3.45. The smallest absolute Gasteiger partial charge is 0.241 e. The maximum atomic E-state index is 12.6. The molecule has 20 heavy (non-hydrogen) atoms. The second-order valence-electron chi connectivity index (χ2n) is 6.81. The van der Waals surface area contributed by atoms with Crippen LogP contribution in [0.4, 0.5) is 0 Å². The van der Waals surface area contributed by atoms with Crippen LogP contribution in [-0.4, -0.2) is 54.1 Å². The van der Waals surface area contributed by atoms with Crippen molar-refractivity contribution in [2.45, 2.75) is 59.2 Å². The molecule has 3 atom stereocenters. The second-order valence-corrected chi connectivity index (χ2v) is 6.81. The Balaban J connectivity index is 1.93. The summed E-state index contributed by atoms with van der Waals surface area (Å²) in [7, 11) is 0. The van der Waals surface area contributed by atoms with Gasteiger partial charge < -0.3 is 9.80 Å². The lowest BCUT2D eigenvalue weighted by molar-refractivity contribution is -0.130. The molecule has 2 saturated heterocycles. The quantitative estimate of drug-likeness (QED) is 0.808. The minimum atomic E-state index is 0.0450. The van der Waals surface area contributed by atoms with Gasteiger partial charge in [0, 0.05) is 13.1 Å². The van der Waals surface area contributed by atoms with Gasteiger partial charge in [-0.3, -0.25) is 10.1 Å². The Morgan fingerprint density at radius 3 is 2.65 bits per heavy atom.